The molecule has 2 N–H and O–H groups in total. The van der Waals surface area contributed by atoms with Crippen LogP contribution in [0.1, 0.15) is 0 Å². The van der Waals surface area contributed by atoms with Gasteiger partial charge in [-0.2, -0.15) is 4.72 Å². The van der Waals surface area contributed by atoms with Crippen LogP contribution in [0.25, 0.3) is 0 Å². The van der Waals surface area contributed by atoms with E-state index >= 15 is 0 Å². The molecular weight excluding hydrogens is 274 g/mol. The predicted molar refractivity (Wildman–Crippen MR) is 66.6 cm³/mol. The number of benzene rings is 1. The van der Waals surface area contributed by atoms with Gasteiger partial charge in [0.15, 0.2) is 0 Å². The summed E-state index contributed by atoms with van der Waals surface area (Å²) in [7, 11) is -1.39. The summed E-state index contributed by atoms with van der Waals surface area (Å²) in [5, 5.41) is 8.90. The van der Waals surface area contributed by atoms with E-state index < -0.39 is 22.0 Å². The van der Waals surface area contributed by atoms with E-state index in [4.69, 9.17) is 9.84 Å². The summed E-state index contributed by atoms with van der Waals surface area (Å²) >= 11 is 0. The molecule has 1 aromatic carbocycles. The van der Waals surface area contributed by atoms with Gasteiger partial charge >= 0.3 is 5.97 Å². The fourth-order valence-corrected chi connectivity index (χ4v) is 2.76. The second kappa shape index (κ2) is 6.50. The minimum atomic E-state index is -4.01. The monoisotopic (exact) mass is 289 g/mol. The smallest absolute Gasteiger partial charge is 0.324 e. The molecule has 0 spiro atoms. The van der Waals surface area contributed by atoms with E-state index in [1.165, 1.54) is 32.4 Å². The Balaban J connectivity index is 3.06. The van der Waals surface area contributed by atoms with Gasteiger partial charge in [0.05, 0.1) is 13.7 Å². The number of carboxylic acids is 1. The molecule has 0 amide bonds. The summed E-state index contributed by atoms with van der Waals surface area (Å²) in [6, 6.07) is 4.57. The molecule has 0 bridgehead atoms. The number of rotatable bonds is 7. The number of ether oxygens (including phenoxy) is 2. The fourth-order valence-electron chi connectivity index (χ4n) is 1.41. The number of methoxy groups -OCH3 is 2. The summed E-state index contributed by atoms with van der Waals surface area (Å²) in [5.74, 6) is -1.18. The lowest BCUT2D eigenvalue weighted by molar-refractivity contribution is -0.140. The first-order chi connectivity index (χ1) is 8.92. The van der Waals surface area contributed by atoms with Gasteiger partial charge in [-0.1, -0.05) is 12.1 Å². The Kier molecular flexibility index (Phi) is 5.28. The van der Waals surface area contributed by atoms with E-state index in [0.717, 1.165) is 0 Å². The highest BCUT2D eigenvalue weighted by Crippen LogP contribution is 2.22. The molecule has 1 unspecified atom stereocenters. The number of hydrogen-bond donors (Lipinski definition) is 2. The molecule has 0 aliphatic heterocycles. The van der Waals surface area contributed by atoms with Crippen LogP contribution in [0.2, 0.25) is 0 Å². The Labute approximate surface area is 111 Å². The Morgan fingerprint density at radius 2 is 2.00 bits per heavy atom. The maximum atomic E-state index is 12.1. The average Bonchev–Trinajstić information content (AvgIpc) is 2.38. The largest absolute Gasteiger partial charge is 0.495 e. The summed E-state index contributed by atoms with van der Waals surface area (Å²) in [6.07, 6.45) is 0. The summed E-state index contributed by atoms with van der Waals surface area (Å²) in [5.41, 5.74) is 0. The first-order valence-corrected chi connectivity index (χ1v) is 6.77. The molecule has 0 radical (unpaired) electrons. The topological polar surface area (TPSA) is 102 Å². The quantitative estimate of drug-likeness (QED) is 0.736. The van der Waals surface area contributed by atoms with Gasteiger partial charge in [0.2, 0.25) is 10.0 Å². The number of aliphatic carboxylic acids is 1. The number of hydrogen-bond acceptors (Lipinski definition) is 5. The molecule has 0 saturated carbocycles. The molecule has 0 fully saturated rings. The van der Waals surface area contributed by atoms with E-state index in [-0.39, 0.29) is 17.3 Å². The van der Waals surface area contributed by atoms with E-state index in [2.05, 4.69) is 9.46 Å². The molecule has 0 aliphatic rings. The van der Waals surface area contributed by atoms with Crippen molar-refractivity contribution in [3.05, 3.63) is 24.3 Å². The SMILES string of the molecule is COCC(NS(=O)(=O)c1ccccc1OC)C(=O)O. The number of nitrogens with one attached hydrogen (secondary N) is 1. The maximum absolute atomic E-state index is 12.1. The van der Waals surface area contributed by atoms with Crippen molar-refractivity contribution in [1.29, 1.82) is 0 Å². The van der Waals surface area contributed by atoms with E-state index in [9.17, 15) is 13.2 Å². The van der Waals surface area contributed by atoms with Crippen molar-refractivity contribution in [2.75, 3.05) is 20.8 Å². The fraction of sp³-hybridized carbons (Fsp3) is 0.364. The minimum absolute atomic E-state index is 0.125. The van der Waals surface area contributed by atoms with Crippen LogP contribution in [-0.2, 0) is 19.6 Å². The predicted octanol–water partition coefficient (Wildman–Crippen LogP) is 0.0731. The standard InChI is InChI=1S/C11H15NO6S/c1-17-7-8(11(13)14)12-19(15,16)10-6-4-3-5-9(10)18-2/h3-6,8,12H,7H2,1-2H3,(H,13,14). The third-order valence-electron chi connectivity index (χ3n) is 2.29. The number of carboxylic acid groups (broad SMARTS) is 1. The van der Waals surface area contributed by atoms with Crippen LogP contribution < -0.4 is 9.46 Å². The third kappa shape index (κ3) is 3.91. The van der Waals surface area contributed by atoms with Crippen LogP contribution in [0, 0.1) is 0 Å². The molecule has 19 heavy (non-hydrogen) atoms. The zero-order valence-corrected chi connectivity index (χ0v) is 11.3. The van der Waals surface area contributed by atoms with Gasteiger partial charge < -0.3 is 14.6 Å². The van der Waals surface area contributed by atoms with Gasteiger partial charge in [0.1, 0.15) is 16.7 Å². The van der Waals surface area contributed by atoms with Crippen LogP contribution in [0.3, 0.4) is 0 Å². The zero-order chi connectivity index (χ0) is 14.5. The highest BCUT2D eigenvalue weighted by molar-refractivity contribution is 7.89. The Hall–Kier alpha value is -1.64. The molecule has 0 aromatic heterocycles. The van der Waals surface area contributed by atoms with E-state index in [1.54, 1.807) is 6.07 Å². The maximum Gasteiger partial charge on any atom is 0.324 e. The normalized spacial score (nSPS) is 12.9. The molecule has 1 atom stereocenters. The number of sulfonamides is 1. The van der Waals surface area contributed by atoms with Crippen molar-refractivity contribution in [1.82, 2.24) is 4.72 Å². The molecule has 8 heteroatoms. The molecule has 0 aliphatic carbocycles. The lowest BCUT2D eigenvalue weighted by Gasteiger charge is -2.15. The second-order valence-corrected chi connectivity index (χ2v) is 5.30. The molecule has 7 nitrogen and oxygen atoms in total. The van der Waals surface area contributed by atoms with Gasteiger partial charge in [-0.3, -0.25) is 4.79 Å². The molecule has 1 rings (SSSR count). The highest BCUT2D eigenvalue weighted by atomic mass is 32.2. The highest BCUT2D eigenvalue weighted by Gasteiger charge is 2.27. The first kappa shape index (κ1) is 15.4. The van der Waals surface area contributed by atoms with Crippen molar-refractivity contribution < 1.29 is 27.8 Å². The molecular formula is C11H15NO6S. The van der Waals surface area contributed by atoms with Crippen molar-refractivity contribution in [3.63, 3.8) is 0 Å². The molecule has 1 aromatic rings. The third-order valence-corrected chi connectivity index (χ3v) is 3.80. The lowest BCUT2D eigenvalue weighted by Crippen LogP contribution is -2.43. The molecule has 0 saturated heterocycles. The van der Waals surface area contributed by atoms with E-state index in [1.807, 2.05) is 0 Å². The van der Waals surface area contributed by atoms with Crippen LogP contribution in [-0.4, -0.2) is 46.4 Å². The van der Waals surface area contributed by atoms with Crippen LogP contribution in [0.4, 0.5) is 0 Å². The Morgan fingerprint density at radius 3 is 2.53 bits per heavy atom. The van der Waals surface area contributed by atoms with Gasteiger partial charge in [-0.25, -0.2) is 8.42 Å². The Bertz CT molecular complexity index is 542. The first-order valence-electron chi connectivity index (χ1n) is 5.29. The van der Waals surface area contributed by atoms with Gasteiger partial charge in [-0.15, -0.1) is 0 Å². The second-order valence-electron chi connectivity index (χ2n) is 3.62. The van der Waals surface area contributed by atoms with Crippen LogP contribution >= 0.6 is 0 Å². The van der Waals surface area contributed by atoms with Gasteiger partial charge in [0.25, 0.3) is 0 Å². The van der Waals surface area contributed by atoms with Crippen LogP contribution in [0.15, 0.2) is 29.2 Å². The zero-order valence-electron chi connectivity index (χ0n) is 10.5. The van der Waals surface area contributed by atoms with Crippen molar-refractivity contribution in [2.45, 2.75) is 10.9 Å². The van der Waals surface area contributed by atoms with Gasteiger partial charge in [-0.05, 0) is 12.1 Å². The van der Waals surface area contributed by atoms with Gasteiger partial charge in [0, 0.05) is 7.11 Å². The molecule has 106 valence electrons. The van der Waals surface area contributed by atoms with E-state index in [0.29, 0.717) is 0 Å². The summed E-state index contributed by atoms with van der Waals surface area (Å²) in [4.78, 5) is 10.8. The lowest BCUT2D eigenvalue weighted by atomic mass is 10.3. The molecule has 0 heterocycles. The number of para-hydroxylation sites is 1. The summed E-state index contributed by atoms with van der Waals surface area (Å²) in [6.45, 7) is -0.274. The Morgan fingerprint density at radius 1 is 1.37 bits per heavy atom. The summed E-state index contributed by atoms with van der Waals surface area (Å²) < 4.78 is 35.8. The average molecular weight is 289 g/mol. The van der Waals surface area contributed by atoms with Crippen LogP contribution in [0.5, 0.6) is 5.75 Å². The van der Waals surface area contributed by atoms with Crippen molar-refractivity contribution in [3.8, 4) is 5.75 Å². The van der Waals surface area contributed by atoms with Crippen molar-refractivity contribution in [2.24, 2.45) is 0 Å². The minimum Gasteiger partial charge on any atom is -0.495 e. The number of carbonyl (C=O) groups is 1. The van der Waals surface area contributed by atoms with Crippen molar-refractivity contribution >= 4 is 16.0 Å².